The third-order valence-electron chi connectivity index (χ3n) is 7.96. The van der Waals surface area contributed by atoms with E-state index in [1.807, 2.05) is 97.8 Å². The highest BCUT2D eigenvalue weighted by Gasteiger charge is 2.44. The number of para-hydroxylation sites is 2. The summed E-state index contributed by atoms with van der Waals surface area (Å²) in [6.45, 7) is 6.09. The molecule has 4 atom stereocenters. The Morgan fingerprint density at radius 3 is 2.30 bits per heavy atom. The Bertz CT molecular complexity index is 1660. The van der Waals surface area contributed by atoms with Crippen LogP contribution in [0.15, 0.2) is 112 Å². The molecule has 0 amide bonds. The van der Waals surface area contributed by atoms with Gasteiger partial charge in [-0.15, -0.1) is 0 Å². The van der Waals surface area contributed by atoms with Gasteiger partial charge in [-0.25, -0.2) is 13.4 Å². The van der Waals surface area contributed by atoms with Crippen molar-refractivity contribution in [2.24, 2.45) is 16.3 Å². The second kappa shape index (κ2) is 12.4. The Hall–Kier alpha value is -4.24. The van der Waals surface area contributed by atoms with Gasteiger partial charge >= 0.3 is 0 Å². The molecule has 0 saturated heterocycles. The SMILES string of the molecule is CC1CC(Cl)=CC=C1C1=CNC(NCNC2=C(NS(C)(=O)=O)NC(C)(N(c3ccccc3)c3ccccc3)N=C2)C1(C)C#N. The molecule has 10 nitrogen and oxygen atoms in total. The predicted octanol–water partition coefficient (Wildman–Crippen LogP) is 4.46. The molecule has 0 radical (unpaired) electrons. The van der Waals surface area contributed by atoms with Crippen LogP contribution in [0.4, 0.5) is 11.4 Å². The lowest BCUT2D eigenvalue weighted by Gasteiger charge is -2.43. The second-order valence-electron chi connectivity index (χ2n) is 11.4. The fraction of sp³-hybridized carbons (Fsp3) is 0.312. The number of anilines is 2. The zero-order valence-corrected chi connectivity index (χ0v) is 26.7. The number of nitriles is 1. The van der Waals surface area contributed by atoms with Crippen LogP contribution in [-0.2, 0) is 10.0 Å². The lowest BCUT2D eigenvalue weighted by Crippen LogP contribution is -2.58. The van der Waals surface area contributed by atoms with E-state index in [1.165, 1.54) is 0 Å². The van der Waals surface area contributed by atoms with E-state index in [-0.39, 0.29) is 18.4 Å². The lowest BCUT2D eigenvalue weighted by molar-refractivity contribution is 0.332. The molecule has 230 valence electrons. The second-order valence-corrected chi connectivity index (χ2v) is 13.7. The Kier molecular flexibility index (Phi) is 8.79. The van der Waals surface area contributed by atoms with Crippen LogP contribution in [-0.4, -0.2) is 39.5 Å². The molecule has 4 unspecified atom stereocenters. The maximum atomic E-state index is 12.4. The molecule has 2 heterocycles. The fourth-order valence-electron chi connectivity index (χ4n) is 5.74. The van der Waals surface area contributed by atoms with Crippen molar-refractivity contribution in [2.45, 2.75) is 39.1 Å². The predicted molar refractivity (Wildman–Crippen MR) is 176 cm³/mol. The van der Waals surface area contributed by atoms with Crippen molar-refractivity contribution in [1.29, 1.82) is 5.26 Å². The first kappa shape index (κ1) is 31.2. The zero-order chi connectivity index (χ0) is 31.5. The van der Waals surface area contributed by atoms with Gasteiger partial charge in [-0.3, -0.25) is 14.9 Å². The van der Waals surface area contributed by atoms with Crippen molar-refractivity contribution in [3.05, 3.63) is 107 Å². The van der Waals surface area contributed by atoms with Crippen molar-refractivity contribution >= 4 is 39.2 Å². The molecule has 0 fully saturated rings. The van der Waals surface area contributed by atoms with Crippen LogP contribution < -0.4 is 30.9 Å². The summed E-state index contributed by atoms with van der Waals surface area (Å²) in [5, 5.41) is 24.3. The molecule has 0 saturated carbocycles. The number of allylic oxidation sites excluding steroid dienone is 5. The minimum absolute atomic E-state index is 0.185. The van der Waals surface area contributed by atoms with Gasteiger partial charge in [0.25, 0.3) is 0 Å². The van der Waals surface area contributed by atoms with E-state index in [9.17, 15) is 13.7 Å². The van der Waals surface area contributed by atoms with E-state index in [2.05, 4.69) is 39.0 Å². The highest BCUT2D eigenvalue weighted by atomic mass is 35.5. The van der Waals surface area contributed by atoms with Gasteiger partial charge in [0.2, 0.25) is 15.8 Å². The highest BCUT2D eigenvalue weighted by molar-refractivity contribution is 7.88. The molecule has 5 N–H and O–H groups in total. The molecule has 12 heteroatoms. The number of aliphatic imine (C=N–C) groups is 1. The van der Waals surface area contributed by atoms with Gasteiger partial charge in [-0.2, -0.15) is 5.26 Å². The zero-order valence-electron chi connectivity index (χ0n) is 25.1. The number of hydrogen-bond donors (Lipinski definition) is 5. The van der Waals surface area contributed by atoms with Crippen LogP contribution in [0, 0.1) is 22.7 Å². The van der Waals surface area contributed by atoms with Gasteiger partial charge in [0.1, 0.15) is 17.4 Å². The summed E-state index contributed by atoms with van der Waals surface area (Å²) < 4.78 is 27.5. The number of nitrogens with zero attached hydrogens (tertiary/aromatic N) is 3. The van der Waals surface area contributed by atoms with Crippen molar-refractivity contribution in [3.63, 3.8) is 0 Å². The summed E-state index contributed by atoms with van der Waals surface area (Å²) in [7, 11) is -3.65. The van der Waals surface area contributed by atoms with E-state index < -0.39 is 27.4 Å². The maximum Gasteiger partial charge on any atom is 0.230 e. The summed E-state index contributed by atoms with van der Waals surface area (Å²) in [6.07, 6.45) is 8.82. The lowest BCUT2D eigenvalue weighted by atomic mass is 9.74. The monoisotopic (exact) mass is 632 g/mol. The van der Waals surface area contributed by atoms with E-state index in [4.69, 9.17) is 16.6 Å². The first-order chi connectivity index (χ1) is 20.9. The number of hydrogen-bond acceptors (Lipinski definition) is 9. The summed E-state index contributed by atoms with van der Waals surface area (Å²) in [5.41, 5.74) is 3.32. The van der Waals surface area contributed by atoms with Crippen LogP contribution in [0.5, 0.6) is 0 Å². The van der Waals surface area contributed by atoms with Crippen LogP contribution in [0.1, 0.15) is 27.2 Å². The molecular formula is C32H37ClN8O2S. The minimum Gasteiger partial charge on any atom is -0.374 e. The van der Waals surface area contributed by atoms with Crippen LogP contribution in [0.25, 0.3) is 0 Å². The number of nitrogens with one attached hydrogen (secondary N) is 5. The molecular weight excluding hydrogens is 596 g/mol. The molecule has 2 aliphatic heterocycles. The van der Waals surface area contributed by atoms with Gasteiger partial charge in [0, 0.05) is 22.6 Å². The maximum absolute atomic E-state index is 12.4. The fourth-order valence-corrected chi connectivity index (χ4v) is 6.57. The third kappa shape index (κ3) is 6.48. The van der Waals surface area contributed by atoms with E-state index >= 15 is 0 Å². The topological polar surface area (TPSA) is 134 Å². The van der Waals surface area contributed by atoms with Crippen molar-refractivity contribution in [3.8, 4) is 6.07 Å². The number of rotatable bonds is 10. The van der Waals surface area contributed by atoms with E-state index in [1.54, 1.807) is 6.21 Å². The smallest absolute Gasteiger partial charge is 0.230 e. The molecule has 5 rings (SSSR count). The molecule has 1 aliphatic carbocycles. The van der Waals surface area contributed by atoms with Crippen molar-refractivity contribution in [2.75, 3.05) is 17.8 Å². The normalized spacial score (nSPS) is 26.4. The molecule has 3 aliphatic rings. The molecule has 0 aromatic heterocycles. The highest BCUT2D eigenvalue weighted by Crippen LogP contribution is 2.43. The van der Waals surface area contributed by atoms with Crippen LogP contribution in [0.3, 0.4) is 0 Å². The third-order valence-corrected chi connectivity index (χ3v) is 8.82. The summed E-state index contributed by atoms with van der Waals surface area (Å²) in [5.74, 6) is -0.652. The molecule has 44 heavy (non-hydrogen) atoms. The Morgan fingerprint density at radius 1 is 1.09 bits per heavy atom. The molecule has 0 bridgehead atoms. The van der Waals surface area contributed by atoms with Crippen LogP contribution >= 0.6 is 11.6 Å². The Morgan fingerprint density at radius 2 is 1.73 bits per heavy atom. The largest absolute Gasteiger partial charge is 0.374 e. The van der Waals surface area contributed by atoms with Gasteiger partial charge in [-0.1, -0.05) is 61.0 Å². The molecule has 2 aromatic rings. The number of sulfonamides is 1. The quantitative estimate of drug-likeness (QED) is 0.243. The standard InChI is InChI=1S/C32H37ClN8O2S/c1-22-17-23(33)15-16-26(22)27-18-35-30(31(27,2)20-34)37-21-36-28-19-38-32(3,39-29(28)40-44(4,42)43)41(24-11-7-5-8-12-24)25-13-9-6-10-14-25/h5-16,18-19,22,30,35-37,39-40H,17,21H2,1-4H3. The van der Waals surface area contributed by atoms with Gasteiger partial charge in [-0.05, 0) is 67.7 Å². The van der Waals surface area contributed by atoms with Gasteiger partial charge in [0.05, 0.1) is 30.9 Å². The van der Waals surface area contributed by atoms with Gasteiger partial charge < -0.3 is 16.0 Å². The number of benzene rings is 2. The summed E-state index contributed by atoms with van der Waals surface area (Å²) in [6, 6.07) is 22.0. The summed E-state index contributed by atoms with van der Waals surface area (Å²) in [4.78, 5) is 6.86. The first-order valence-corrected chi connectivity index (χ1v) is 16.6. The molecule has 0 spiro atoms. The van der Waals surface area contributed by atoms with Gasteiger partial charge in [0.15, 0.2) is 0 Å². The molecule has 2 aromatic carbocycles. The number of halogens is 1. The first-order valence-electron chi connectivity index (χ1n) is 14.3. The van der Waals surface area contributed by atoms with Crippen molar-refractivity contribution in [1.82, 2.24) is 26.0 Å². The Labute approximate surface area is 264 Å². The average molecular weight is 633 g/mol. The van der Waals surface area contributed by atoms with E-state index in [0.29, 0.717) is 5.70 Å². The minimum atomic E-state index is -3.65. The van der Waals surface area contributed by atoms with Crippen molar-refractivity contribution < 1.29 is 8.42 Å². The average Bonchev–Trinajstić information content (AvgIpc) is 3.30. The van der Waals surface area contributed by atoms with E-state index in [0.717, 1.165) is 40.2 Å². The van der Waals surface area contributed by atoms with Crippen LogP contribution in [0.2, 0.25) is 0 Å². The Balaban J connectivity index is 1.36. The summed E-state index contributed by atoms with van der Waals surface area (Å²) >= 11 is 6.24.